The van der Waals surface area contributed by atoms with Gasteiger partial charge < -0.3 is 9.84 Å². The minimum Gasteiger partial charge on any atom is -0.396 e. The third-order valence-electron chi connectivity index (χ3n) is 3.01. The number of ether oxygens (including phenoxy) is 1. The van der Waals surface area contributed by atoms with E-state index < -0.39 is 0 Å². The summed E-state index contributed by atoms with van der Waals surface area (Å²) in [6.07, 6.45) is 4.85. The van der Waals surface area contributed by atoms with E-state index in [0.29, 0.717) is 12.0 Å². The molecule has 1 aliphatic heterocycles. The first kappa shape index (κ1) is 8.48. The predicted octanol–water partition coefficient (Wildman–Crippen LogP) is 0.485. The number of aliphatic hydroxyl groups is 1. The van der Waals surface area contributed by atoms with Crippen LogP contribution in [0, 0.1) is 5.41 Å². The average Bonchev–Trinajstić information content (AvgIpc) is 2.63. The maximum Gasteiger partial charge on any atom is 0.108 e. The minimum atomic E-state index is 0.263. The van der Waals surface area contributed by atoms with Gasteiger partial charge in [0.15, 0.2) is 0 Å². The molecule has 0 amide bonds. The summed E-state index contributed by atoms with van der Waals surface area (Å²) in [5.74, 6) is 0. The molecule has 0 aromatic carbocycles. The first-order valence-corrected chi connectivity index (χ1v) is 4.81. The highest BCUT2D eigenvalue weighted by Gasteiger charge is 2.44. The standard InChI is InChI=1S/C9H17NO2/c11-5-3-9(1-2-9)7-8-10-4-6-12-8/h8,10-11H,1-7H2/t8-/m0/s1. The minimum absolute atomic E-state index is 0.263. The van der Waals surface area contributed by atoms with Crippen molar-refractivity contribution < 1.29 is 9.84 Å². The molecule has 2 aliphatic rings. The van der Waals surface area contributed by atoms with E-state index in [1.54, 1.807) is 0 Å². The van der Waals surface area contributed by atoms with E-state index in [-0.39, 0.29) is 6.23 Å². The molecule has 0 unspecified atom stereocenters. The summed E-state index contributed by atoms with van der Waals surface area (Å²) in [6.45, 7) is 2.16. The van der Waals surface area contributed by atoms with Gasteiger partial charge in [-0.15, -0.1) is 0 Å². The summed E-state index contributed by atoms with van der Waals surface area (Å²) >= 11 is 0. The molecule has 1 atom stereocenters. The zero-order valence-corrected chi connectivity index (χ0v) is 7.38. The van der Waals surface area contributed by atoms with Gasteiger partial charge in [-0.25, -0.2) is 0 Å². The number of hydrogen-bond acceptors (Lipinski definition) is 3. The van der Waals surface area contributed by atoms with Gasteiger partial charge in [0.1, 0.15) is 6.23 Å². The fourth-order valence-electron chi connectivity index (χ4n) is 1.97. The molecule has 70 valence electrons. The van der Waals surface area contributed by atoms with Crippen molar-refractivity contribution in [3.63, 3.8) is 0 Å². The fourth-order valence-corrected chi connectivity index (χ4v) is 1.97. The fraction of sp³-hybridized carbons (Fsp3) is 1.00. The Kier molecular flexibility index (Phi) is 2.35. The topological polar surface area (TPSA) is 41.5 Å². The molecule has 0 aromatic heterocycles. The summed E-state index contributed by atoms with van der Waals surface area (Å²) in [7, 11) is 0. The molecular weight excluding hydrogens is 154 g/mol. The van der Waals surface area contributed by atoms with Crippen LogP contribution < -0.4 is 5.32 Å². The van der Waals surface area contributed by atoms with Gasteiger partial charge >= 0.3 is 0 Å². The maximum atomic E-state index is 8.85. The lowest BCUT2D eigenvalue weighted by atomic mass is 9.98. The van der Waals surface area contributed by atoms with Crippen molar-refractivity contribution in [2.75, 3.05) is 19.8 Å². The lowest BCUT2D eigenvalue weighted by Crippen LogP contribution is -2.26. The second-order valence-corrected chi connectivity index (χ2v) is 3.99. The van der Waals surface area contributed by atoms with Crippen molar-refractivity contribution >= 4 is 0 Å². The lowest BCUT2D eigenvalue weighted by molar-refractivity contribution is 0.0699. The van der Waals surface area contributed by atoms with E-state index >= 15 is 0 Å². The summed E-state index contributed by atoms with van der Waals surface area (Å²) in [4.78, 5) is 0. The van der Waals surface area contributed by atoms with Crippen LogP contribution in [-0.4, -0.2) is 31.1 Å². The summed E-state index contributed by atoms with van der Waals surface area (Å²) in [5, 5.41) is 12.2. The number of aliphatic hydroxyl groups excluding tert-OH is 1. The Balaban J connectivity index is 1.77. The summed E-state index contributed by atoms with van der Waals surface area (Å²) in [5.41, 5.74) is 0.427. The van der Waals surface area contributed by atoms with Crippen molar-refractivity contribution in [2.24, 2.45) is 5.41 Å². The second-order valence-electron chi connectivity index (χ2n) is 3.99. The van der Waals surface area contributed by atoms with Gasteiger partial charge in [-0.2, -0.15) is 0 Å². The molecule has 1 saturated heterocycles. The van der Waals surface area contributed by atoms with Crippen LogP contribution >= 0.6 is 0 Å². The van der Waals surface area contributed by atoms with Crippen molar-refractivity contribution in [1.29, 1.82) is 0 Å². The number of hydrogen-bond donors (Lipinski definition) is 2. The second kappa shape index (κ2) is 3.32. The predicted molar refractivity (Wildman–Crippen MR) is 45.7 cm³/mol. The van der Waals surface area contributed by atoms with Crippen molar-refractivity contribution in [3.8, 4) is 0 Å². The quantitative estimate of drug-likeness (QED) is 0.646. The Morgan fingerprint density at radius 3 is 2.83 bits per heavy atom. The average molecular weight is 171 g/mol. The molecule has 2 N–H and O–H groups in total. The highest BCUT2D eigenvalue weighted by Crippen LogP contribution is 2.52. The van der Waals surface area contributed by atoms with Gasteiger partial charge in [-0.1, -0.05) is 0 Å². The first-order chi connectivity index (χ1) is 5.85. The first-order valence-electron chi connectivity index (χ1n) is 4.81. The van der Waals surface area contributed by atoms with Crippen molar-refractivity contribution in [3.05, 3.63) is 0 Å². The maximum absolute atomic E-state index is 8.85. The normalized spacial score (nSPS) is 32.2. The number of nitrogens with one attached hydrogen (secondary N) is 1. The molecule has 2 rings (SSSR count). The molecule has 0 aromatic rings. The molecular formula is C9H17NO2. The largest absolute Gasteiger partial charge is 0.396 e. The Bertz CT molecular complexity index is 151. The van der Waals surface area contributed by atoms with Crippen LogP contribution in [0.1, 0.15) is 25.7 Å². The SMILES string of the molecule is OCCC1(C[C@H]2NCCO2)CC1. The highest BCUT2D eigenvalue weighted by atomic mass is 16.5. The molecule has 0 spiro atoms. The van der Waals surface area contributed by atoms with Gasteiger partial charge in [-0.3, -0.25) is 5.32 Å². The van der Waals surface area contributed by atoms with E-state index in [9.17, 15) is 0 Å². The number of rotatable bonds is 4. The van der Waals surface area contributed by atoms with E-state index in [2.05, 4.69) is 5.32 Å². The Labute approximate surface area is 73.1 Å². The van der Waals surface area contributed by atoms with E-state index in [1.807, 2.05) is 0 Å². The molecule has 0 bridgehead atoms. The molecule has 12 heavy (non-hydrogen) atoms. The van der Waals surface area contributed by atoms with Gasteiger partial charge in [-0.05, 0) is 31.1 Å². The van der Waals surface area contributed by atoms with Crippen LogP contribution in [0.15, 0.2) is 0 Å². The summed E-state index contributed by atoms with van der Waals surface area (Å²) < 4.78 is 5.48. The molecule has 3 heteroatoms. The molecule has 1 heterocycles. The molecule has 3 nitrogen and oxygen atoms in total. The Morgan fingerprint density at radius 2 is 2.33 bits per heavy atom. The molecule has 0 radical (unpaired) electrons. The zero-order chi connectivity index (χ0) is 8.44. The van der Waals surface area contributed by atoms with Crippen molar-refractivity contribution in [2.45, 2.75) is 31.9 Å². The molecule has 1 aliphatic carbocycles. The van der Waals surface area contributed by atoms with Crippen LogP contribution in [-0.2, 0) is 4.74 Å². The highest BCUT2D eigenvalue weighted by molar-refractivity contribution is 4.94. The van der Waals surface area contributed by atoms with E-state index in [0.717, 1.165) is 26.0 Å². The summed E-state index contributed by atoms with van der Waals surface area (Å²) in [6, 6.07) is 0. The Hall–Kier alpha value is -0.120. The van der Waals surface area contributed by atoms with E-state index in [1.165, 1.54) is 12.8 Å². The molecule has 1 saturated carbocycles. The smallest absolute Gasteiger partial charge is 0.108 e. The van der Waals surface area contributed by atoms with Crippen molar-refractivity contribution in [1.82, 2.24) is 5.32 Å². The van der Waals surface area contributed by atoms with Crippen LogP contribution in [0.5, 0.6) is 0 Å². The Morgan fingerprint density at radius 1 is 1.50 bits per heavy atom. The third-order valence-corrected chi connectivity index (χ3v) is 3.01. The lowest BCUT2D eigenvalue weighted by Gasteiger charge is -2.17. The van der Waals surface area contributed by atoms with Crippen LogP contribution in [0.4, 0.5) is 0 Å². The van der Waals surface area contributed by atoms with Gasteiger partial charge in [0.25, 0.3) is 0 Å². The van der Waals surface area contributed by atoms with Crippen LogP contribution in [0.25, 0.3) is 0 Å². The monoisotopic (exact) mass is 171 g/mol. The van der Waals surface area contributed by atoms with Gasteiger partial charge in [0.05, 0.1) is 6.61 Å². The third kappa shape index (κ3) is 1.79. The molecule has 2 fully saturated rings. The zero-order valence-electron chi connectivity index (χ0n) is 7.38. The van der Waals surface area contributed by atoms with E-state index in [4.69, 9.17) is 9.84 Å². The van der Waals surface area contributed by atoms with Gasteiger partial charge in [0.2, 0.25) is 0 Å². The van der Waals surface area contributed by atoms with Crippen LogP contribution in [0.3, 0.4) is 0 Å². The van der Waals surface area contributed by atoms with Crippen LogP contribution in [0.2, 0.25) is 0 Å². The van der Waals surface area contributed by atoms with Gasteiger partial charge in [0, 0.05) is 13.2 Å².